The molecule has 0 atom stereocenters. The summed E-state index contributed by atoms with van der Waals surface area (Å²) in [7, 11) is 0. The van der Waals surface area contributed by atoms with Gasteiger partial charge in [-0.1, -0.05) is 23.5 Å². The normalized spacial score (nSPS) is 10.4. The van der Waals surface area contributed by atoms with Crippen LogP contribution in [0.4, 0.5) is 0 Å². The lowest BCUT2D eigenvalue weighted by atomic mass is 10.7. The van der Waals surface area contributed by atoms with Crippen LogP contribution < -0.4 is 0 Å². The largest absolute Gasteiger partial charge is 0.476 e. The van der Waals surface area contributed by atoms with Crippen LogP contribution in [0.1, 0.15) is 0 Å². The molecule has 0 radical (unpaired) electrons. The Hall–Kier alpha value is 0.360. The summed E-state index contributed by atoms with van der Waals surface area (Å²) in [5, 5.41) is 0. The van der Waals surface area contributed by atoms with Crippen LogP contribution in [0, 0.1) is 0 Å². The molecule has 0 aliphatic carbocycles. The van der Waals surface area contributed by atoms with Crippen molar-refractivity contribution in [1.82, 2.24) is 0 Å². The van der Waals surface area contributed by atoms with Crippen molar-refractivity contribution >= 4 is 56.7 Å². The Balaban J connectivity index is 3.06. The third-order valence-electron chi connectivity index (χ3n) is 1.97. The minimum atomic E-state index is 0.473. The molecule has 0 heterocycles. The first-order valence-electron chi connectivity index (χ1n) is 6.35. The van der Waals surface area contributed by atoms with E-state index in [-0.39, 0.29) is 0 Å². The van der Waals surface area contributed by atoms with Crippen LogP contribution in [-0.2, 0) is 23.7 Å². The molecule has 9 heteroatoms. The van der Waals surface area contributed by atoms with E-state index in [1.54, 1.807) is 0 Å². The topological polar surface area (TPSA) is 46.2 Å². The van der Waals surface area contributed by atoms with Gasteiger partial charge in [-0.05, 0) is 36.9 Å². The van der Waals surface area contributed by atoms with Crippen molar-refractivity contribution in [2.24, 2.45) is 0 Å². The summed E-state index contributed by atoms with van der Waals surface area (Å²) in [5.41, 5.74) is 0. The van der Waals surface area contributed by atoms with Crippen LogP contribution in [-0.4, -0.2) is 74.1 Å². The summed E-state index contributed by atoms with van der Waals surface area (Å²) in [6.45, 7) is 4.08. The van der Waals surface area contributed by atoms with Gasteiger partial charge < -0.3 is 23.7 Å². The Kier molecular flexibility index (Phi) is 17.0. The van der Waals surface area contributed by atoms with Crippen LogP contribution in [0.15, 0.2) is 0 Å². The molecule has 0 aliphatic rings. The van der Waals surface area contributed by atoms with Gasteiger partial charge in [0, 0.05) is 0 Å². The molecule has 0 bridgehead atoms. The highest BCUT2D eigenvalue weighted by atomic mass is 32.2. The van der Waals surface area contributed by atoms with E-state index in [4.69, 9.17) is 48.1 Å². The van der Waals surface area contributed by atoms with Gasteiger partial charge in [0.15, 0.2) is 0 Å². The first kappa shape index (κ1) is 21.4. The van der Waals surface area contributed by atoms with Crippen LogP contribution >= 0.6 is 48.0 Å². The molecule has 0 unspecified atom stereocenters. The molecular formula is C12H22O5S4. The second-order valence-corrected chi connectivity index (χ2v) is 6.26. The first-order chi connectivity index (χ1) is 10.2. The van der Waals surface area contributed by atoms with E-state index in [2.05, 4.69) is 0 Å². The van der Waals surface area contributed by atoms with E-state index < -0.39 is 0 Å². The zero-order valence-corrected chi connectivity index (χ0v) is 15.6. The maximum atomic E-state index is 5.34. The molecule has 0 saturated carbocycles. The molecule has 0 amide bonds. The SMILES string of the molecule is CSC(=S)OCCOCCOCCOCCOC(=S)SC. The van der Waals surface area contributed by atoms with E-state index in [1.807, 2.05) is 12.5 Å². The summed E-state index contributed by atoms with van der Waals surface area (Å²) in [5.74, 6) is 0. The molecule has 0 aromatic heterocycles. The standard InChI is InChI=1S/C12H22O5S4/c1-20-11(18)16-9-7-14-5-3-13-4-6-15-8-10-17-12(19)21-2/h3-10H2,1-2H3. The highest BCUT2D eigenvalue weighted by Crippen LogP contribution is 1.99. The van der Waals surface area contributed by atoms with Crippen molar-refractivity contribution in [2.75, 3.05) is 65.4 Å². The molecule has 0 N–H and O–H groups in total. The van der Waals surface area contributed by atoms with Gasteiger partial charge in [0.1, 0.15) is 13.2 Å². The molecule has 21 heavy (non-hydrogen) atoms. The lowest BCUT2D eigenvalue weighted by Crippen LogP contribution is -2.13. The van der Waals surface area contributed by atoms with Crippen LogP contribution in [0.2, 0.25) is 0 Å². The maximum Gasteiger partial charge on any atom is 0.219 e. The van der Waals surface area contributed by atoms with Gasteiger partial charge in [0.25, 0.3) is 0 Å². The summed E-state index contributed by atoms with van der Waals surface area (Å²) in [4.78, 5) is 0. The highest BCUT2D eigenvalue weighted by Gasteiger charge is 1.96. The lowest BCUT2D eigenvalue weighted by molar-refractivity contribution is 0.00451. The number of hydrogen-bond donors (Lipinski definition) is 0. The number of thioether (sulfide) groups is 2. The second-order valence-electron chi connectivity index (χ2n) is 3.44. The molecule has 5 nitrogen and oxygen atoms in total. The van der Waals surface area contributed by atoms with E-state index in [0.29, 0.717) is 61.6 Å². The predicted octanol–water partition coefficient (Wildman–Crippen LogP) is 2.37. The van der Waals surface area contributed by atoms with Gasteiger partial charge in [-0.15, -0.1) is 0 Å². The lowest BCUT2D eigenvalue weighted by Gasteiger charge is -2.08. The molecule has 0 saturated heterocycles. The van der Waals surface area contributed by atoms with Crippen molar-refractivity contribution in [1.29, 1.82) is 0 Å². The zero-order valence-electron chi connectivity index (χ0n) is 12.3. The van der Waals surface area contributed by atoms with E-state index in [9.17, 15) is 0 Å². The fraction of sp³-hybridized carbons (Fsp3) is 0.833. The molecule has 124 valence electrons. The minimum Gasteiger partial charge on any atom is -0.476 e. The molecular weight excluding hydrogens is 352 g/mol. The van der Waals surface area contributed by atoms with Gasteiger partial charge in [0.05, 0.1) is 39.6 Å². The molecule has 0 aromatic carbocycles. The van der Waals surface area contributed by atoms with Gasteiger partial charge in [-0.3, -0.25) is 0 Å². The first-order valence-corrected chi connectivity index (χ1v) is 9.62. The molecule has 0 fully saturated rings. The van der Waals surface area contributed by atoms with Crippen LogP contribution in [0.25, 0.3) is 0 Å². The Morgan fingerprint density at radius 2 is 0.905 bits per heavy atom. The summed E-state index contributed by atoms with van der Waals surface area (Å²) >= 11 is 12.6. The van der Waals surface area contributed by atoms with Crippen molar-refractivity contribution < 1.29 is 23.7 Å². The van der Waals surface area contributed by atoms with E-state index in [1.165, 1.54) is 23.5 Å². The Morgan fingerprint density at radius 3 is 1.19 bits per heavy atom. The van der Waals surface area contributed by atoms with Crippen molar-refractivity contribution in [3.05, 3.63) is 0 Å². The fourth-order valence-electron chi connectivity index (χ4n) is 1.03. The molecule has 0 aliphatic heterocycles. The molecule has 0 aromatic rings. The van der Waals surface area contributed by atoms with Crippen LogP contribution in [0.5, 0.6) is 0 Å². The predicted molar refractivity (Wildman–Crippen MR) is 96.6 cm³/mol. The van der Waals surface area contributed by atoms with E-state index in [0.717, 1.165) is 0 Å². The van der Waals surface area contributed by atoms with Gasteiger partial charge in [-0.25, -0.2) is 0 Å². The Bertz CT molecular complexity index is 252. The average molecular weight is 375 g/mol. The second kappa shape index (κ2) is 16.7. The third-order valence-corrected chi connectivity index (χ3v) is 4.11. The third kappa shape index (κ3) is 16.6. The van der Waals surface area contributed by atoms with Gasteiger partial charge >= 0.3 is 0 Å². The van der Waals surface area contributed by atoms with Crippen molar-refractivity contribution in [3.63, 3.8) is 0 Å². The summed E-state index contributed by atoms with van der Waals surface area (Å²) in [6.07, 6.45) is 3.75. The molecule has 0 rings (SSSR count). The van der Waals surface area contributed by atoms with E-state index >= 15 is 0 Å². The highest BCUT2D eigenvalue weighted by molar-refractivity contribution is 8.22. The monoisotopic (exact) mass is 374 g/mol. The quantitative estimate of drug-likeness (QED) is 0.378. The van der Waals surface area contributed by atoms with Gasteiger partial charge in [-0.2, -0.15) is 0 Å². The van der Waals surface area contributed by atoms with Crippen molar-refractivity contribution in [3.8, 4) is 0 Å². The molecule has 0 spiro atoms. The van der Waals surface area contributed by atoms with Crippen molar-refractivity contribution in [2.45, 2.75) is 0 Å². The summed E-state index contributed by atoms with van der Waals surface area (Å²) in [6, 6.07) is 0. The fourth-order valence-corrected chi connectivity index (χ4v) is 1.60. The smallest absolute Gasteiger partial charge is 0.219 e. The Morgan fingerprint density at radius 1 is 0.619 bits per heavy atom. The number of thiocarbonyl (C=S) groups is 2. The number of ether oxygens (including phenoxy) is 5. The number of hydrogen-bond acceptors (Lipinski definition) is 9. The summed E-state index contributed by atoms with van der Waals surface area (Å²) < 4.78 is 27.4. The number of rotatable bonds is 12. The van der Waals surface area contributed by atoms with Gasteiger partial charge in [0.2, 0.25) is 8.77 Å². The maximum absolute atomic E-state index is 5.34. The zero-order chi connectivity index (χ0) is 15.8. The average Bonchev–Trinajstić information content (AvgIpc) is 2.51. The Labute approximate surface area is 145 Å². The van der Waals surface area contributed by atoms with Crippen LogP contribution in [0.3, 0.4) is 0 Å². The minimum absolute atomic E-state index is 0.473.